The second-order valence-corrected chi connectivity index (χ2v) is 7.68. The van der Waals surface area contributed by atoms with E-state index in [1.54, 1.807) is 38.1 Å². The van der Waals surface area contributed by atoms with E-state index in [-0.39, 0.29) is 34.6 Å². The molecule has 1 heterocycles. The van der Waals surface area contributed by atoms with Crippen molar-refractivity contribution in [3.63, 3.8) is 0 Å². The van der Waals surface area contributed by atoms with E-state index in [1.165, 1.54) is 7.11 Å². The van der Waals surface area contributed by atoms with E-state index in [0.717, 1.165) is 11.3 Å². The lowest BCUT2D eigenvalue weighted by molar-refractivity contribution is 0.0464. The molecule has 0 saturated heterocycles. The zero-order chi connectivity index (χ0) is 21.6. The van der Waals surface area contributed by atoms with Crippen LogP contribution in [0.5, 0.6) is 5.75 Å². The minimum absolute atomic E-state index is 0.162. The van der Waals surface area contributed by atoms with Crippen LogP contribution >= 0.6 is 11.3 Å². The lowest BCUT2D eigenvalue weighted by atomic mass is 10.1. The van der Waals surface area contributed by atoms with Crippen molar-refractivity contribution in [1.29, 1.82) is 0 Å². The summed E-state index contributed by atoms with van der Waals surface area (Å²) in [5, 5.41) is 2.96. The van der Waals surface area contributed by atoms with Crippen molar-refractivity contribution in [2.24, 2.45) is 5.92 Å². The number of ether oxygens (including phenoxy) is 3. The van der Waals surface area contributed by atoms with Crippen LogP contribution in [-0.2, 0) is 9.47 Å². The number of amides is 1. The summed E-state index contributed by atoms with van der Waals surface area (Å²) in [7, 11) is 1.54. The van der Waals surface area contributed by atoms with Crippen LogP contribution in [0, 0.1) is 12.8 Å². The molecule has 0 radical (unpaired) electrons. The normalized spacial score (nSPS) is 10.6. The molecule has 0 atom stereocenters. The molecule has 1 aromatic carbocycles. The number of carbonyl (C=O) groups is 3. The number of benzene rings is 1. The first-order chi connectivity index (χ1) is 13.8. The van der Waals surface area contributed by atoms with Gasteiger partial charge in [0, 0.05) is 5.56 Å². The SMILES string of the molecule is CCOC(=O)c1c(NC(=O)c2ccc(OC)cc2)sc(C(=O)OCC(C)C)c1C. The number of esters is 2. The van der Waals surface area contributed by atoms with Crippen LogP contribution < -0.4 is 10.1 Å². The van der Waals surface area contributed by atoms with Crippen molar-refractivity contribution in [3.8, 4) is 5.75 Å². The monoisotopic (exact) mass is 419 g/mol. The Kier molecular flexibility index (Phi) is 7.78. The van der Waals surface area contributed by atoms with Crippen molar-refractivity contribution < 1.29 is 28.6 Å². The largest absolute Gasteiger partial charge is 0.497 e. The molecule has 0 aliphatic carbocycles. The average molecular weight is 419 g/mol. The van der Waals surface area contributed by atoms with E-state index in [1.807, 2.05) is 13.8 Å². The Morgan fingerprint density at radius 2 is 1.72 bits per heavy atom. The molecular formula is C21H25NO6S. The lowest BCUT2D eigenvalue weighted by Gasteiger charge is -2.08. The van der Waals surface area contributed by atoms with E-state index >= 15 is 0 Å². The highest BCUT2D eigenvalue weighted by atomic mass is 32.1. The van der Waals surface area contributed by atoms with E-state index in [4.69, 9.17) is 14.2 Å². The fourth-order valence-corrected chi connectivity index (χ4v) is 3.55. The minimum Gasteiger partial charge on any atom is -0.497 e. The summed E-state index contributed by atoms with van der Waals surface area (Å²) in [6, 6.07) is 6.54. The van der Waals surface area contributed by atoms with Crippen LogP contribution in [0.25, 0.3) is 0 Å². The molecule has 1 amide bonds. The highest BCUT2D eigenvalue weighted by Gasteiger charge is 2.27. The molecule has 0 unspecified atom stereocenters. The number of anilines is 1. The first kappa shape index (κ1) is 22.4. The van der Waals surface area contributed by atoms with Crippen molar-refractivity contribution in [2.75, 3.05) is 25.6 Å². The van der Waals surface area contributed by atoms with Gasteiger partial charge in [0.1, 0.15) is 15.6 Å². The molecule has 0 spiro atoms. The van der Waals surface area contributed by atoms with Crippen molar-refractivity contribution >= 4 is 34.2 Å². The van der Waals surface area contributed by atoms with Crippen molar-refractivity contribution in [1.82, 2.24) is 0 Å². The Morgan fingerprint density at radius 1 is 1.07 bits per heavy atom. The number of rotatable bonds is 8. The number of hydrogen-bond donors (Lipinski definition) is 1. The summed E-state index contributed by atoms with van der Waals surface area (Å²) >= 11 is 0.999. The van der Waals surface area contributed by atoms with Gasteiger partial charge in [0.05, 0.1) is 25.9 Å². The quantitative estimate of drug-likeness (QED) is 0.641. The van der Waals surface area contributed by atoms with Crippen LogP contribution in [-0.4, -0.2) is 38.2 Å². The van der Waals surface area contributed by atoms with Gasteiger partial charge in [0.15, 0.2) is 0 Å². The molecule has 0 bridgehead atoms. The third-order valence-corrected chi connectivity index (χ3v) is 5.13. The van der Waals surface area contributed by atoms with Crippen LogP contribution in [0.2, 0.25) is 0 Å². The van der Waals surface area contributed by atoms with E-state index in [2.05, 4.69) is 5.32 Å². The summed E-state index contributed by atoms with van der Waals surface area (Å²) in [6.07, 6.45) is 0. The van der Waals surface area contributed by atoms with Gasteiger partial charge >= 0.3 is 11.9 Å². The third-order valence-electron chi connectivity index (χ3n) is 3.94. The summed E-state index contributed by atoms with van der Waals surface area (Å²) < 4.78 is 15.5. The highest BCUT2D eigenvalue weighted by Crippen LogP contribution is 2.34. The zero-order valence-corrected chi connectivity index (χ0v) is 18.0. The fraction of sp³-hybridized carbons (Fsp3) is 0.381. The summed E-state index contributed by atoms with van der Waals surface area (Å²) in [4.78, 5) is 37.8. The first-order valence-corrected chi connectivity index (χ1v) is 10.0. The molecule has 2 rings (SSSR count). The maximum atomic E-state index is 12.6. The van der Waals surface area contributed by atoms with Gasteiger partial charge in [-0.05, 0) is 49.6 Å². The Morgan fingerprint density at radius 3 is 2.28 bits per heavy atom. The second-order valence-electron chi connectivity index (χ2n) is 6.66. The van der Waals surface area contributed by atoms with Gasteiger partial charge in [0.25, 0.3) is 5.91 Å². The predicted molar refractivity (Wildman–Crippen MR) is 111 cm³/mol. The smallest absolute Gasteiger partial charge is 0.348 e. The molecule has 1 aromatic heterocycles. The van der Waals surface area contributed by atoms with Crippen LogP contribution in [0.4, 0.5) is 5.00 Å². The lowest BCUT2D eigenvalue weighted by Crippen LogP contribution is -2.15. The average Bonchev–Trinajstić information content (AvgIpc) is 3.02. The predicted octanol–water partition coefficient (Wildman–Crippen LogP) is 4.31. The summed E-state index contributed by atoms with van der Waals surface area (Å²) in [6.45, 7) is 7.62. The Balaban J connectivity index is 2.34. The number of methoxy groups -OCH3 is 1. The van der Waals surface area contributed by atoms with Gasteiger partial charge in [-0.25, -0.2) is 9.59 Å². The van der Waals surface area contributed by atoms with Crippen LogP contribution in [0.15, 0.2) is 24.3 Å². The molecule has 0 aliphatic rings. The number of thiophene rings is 1. The molecule has 2 aromatic rings. The molecule has 29 heavy (non-hydrogen) atoms. The second kappa shape index (κ2) is 10.1. The number of carbonyl (C=O) groups excluding carboxylic acids is 3. The zero-order valence-electron chi connectivity index (χ0n) is 17.2. The maximum absolute atomic E-state index is 12.6. The van der Waals surface area contributed by atoms with Gasteiger partial charge < -0.3 is 19.5 Å². The fourth-order valence-electron chi connectivity index (χ4n) is 2.47. The molecule has 0 saturated carbocycles. The number of nitrogens with one attached hydrogen (secondary N) is 1. The van der Waals surface area contributed by atoms with Gasteiger partial charge in [-0.1, -0.05) is 13.8 Å². The maximum Gasteiger partial charge on any atom is 0.348 e. The van der Waals surface area contributed by atoms with Crippen LogP contribution in [0.3, 0.4) is 0 Å². The number of hydrogen-bond acceptors (Lipinski definition) is 7. The van der Waals surface area contributed by atoms with E-state index < -0.39 is 17.8 Å². The minimum atomic E-state index is -0.603. The topological polar surface area (TPSA) is 90.9 Å². The first-order valence-electron chi connectivity index (χ1n) is 9.21. The molecule has 1 N–H and O–H groups in total. The molecule has 8 heteroatoms. The van der Waals surface area contributed by atoms with E-state index in [0.29, 0.717) is 16.9 Å². The van der Waals surface area contributed by atoms with Gasteiger partial charge in [-0.3, -0.25) is 4.79 Å². The van der Waals surface area contributed by atoms with Gasteiger partial charge in [0.2, 0.25) is 0 Å². The van der Waals surface area contributed by atoms with Crippen LogP contribution in [0.1, 0.15) is 56.7 Å². The molecule has 0 fully saturated rings. The summed E-state index contributed by atoms with van der Waals surface area (Å²) in [5.41, 5.74) is 0.970. The highest BCUT2D eigenvalue weighted by molar-refractivity contribution is 7.18. The molecule has 156 valence electrons. The molecule has 7 nitrogen and oxygen atoms in total. The van der Waals surface area contributed by atoms with Crippen molar-refractivity contribution in [3.05, 3.63) is 45.8 Å². The molecular weight excluding hydrogens is 394 g/mol. The Hall–Kier alpha value is -2.87. The summed E-state index contributed by atoms with van der Waals surface area (Å²) in [5.74, 6) is -0.749. The van der Waals surface area contributed by atoms with Crippen molar-refractivity contribution in [2.45, 2.75) is 27.7 Å². The molecule has 0 aliphatic heterocycles. The van der Waals surface area contributed by atoms with Gasteiger partial charge in [-0.15, -0.1) is 11.3 Å². The third kappa shape index (κ3) is 5.57. The van der Waals surface area contributed by atoms with E-state index in [9.17, 15) is 14.4 Å². The Bertz CT molecular complexity index is 885. The standard InChI is InChI=1S/C21H25NO6S/c1-6-27-20(24)16-13(4)17(21(25)28-11-12(2)3)29-19(16)22-18(23)14-7-9-15(26-5)10-8-14/h7-10,12H,6,11H2,1-5H3,(H,22,23). The Labute approximate surface area is 174 Å². The van der Waals surface area contributed by atoms with Gasteiger partial charge in [-0.2, -0.15) is 0 Å².